The van der Waals surface area contributed by atoms with Crippen LogP contribution in [0, 0.1) is 0 Å². The predicted octanol–water partition coefficient (Wildman–Crippen LogP) is 1.86. The lowest BCUT2D eigenvalue weighted by atomic mass is 10.1. The summed E-state index contributed by atoms with van der Waals surface area (Å²) in [6.45, 7) is 0.0572. The lowest BCUT2D eigenvalue weighted by molar-refractivity contribution is 0.0678. The molecule has 0 saturated heterocycles. The van der Waals surface area contributed by atoms with Gasteiger partial charge in [-0.3, -0.25) is 4.79 Å². The number of ether oxygens (including phenoxy) is 2. The molecule has 1 aromatic rings. The van der Waals surface area contributed by atoms with Crippen molar-refractivity contribution >= 4 is 5.78 Å². The summed E-state index contributed by atoms with van der Waals surface area (Å²) in [6.07, 6.45) is -2.99. The summed E-state index contributed by atoms with van der Waals surface area (Å²) >= 11 is 0. The van der Waals surface area contributed by atoms with Crippen LogP contribution in [0.5, 0.6) is 11.5 Å². The molecular weight excluding hydrogens is 194 g/mol. The van der Waals surface area contributed by atoms with Crippen molar-refractivity contribution in [1.82, 2.24) is 0 Å². The third-order valence-corrected chi connectivity index (χ3v) is 1.86. The van der Waals surface area contributed by atoms with E-state index >= 15 is 0 Å². The lowest BCUT2D eigenvalue weighted by Crippen LogP contribution is -2.09. The molecule has 2 rings (SSSR count). The average molecular weight is 200 g/mol. The summed E-state index contributed by atoms with van der Waals surface area (Å²) in [5.41, 5.74) is -0.0655. The van der Waals surface area contributed by atoms with Crippen molar-refractivity contribution in [3.63, 3.8) is 0 Å². The Balaban J connectivity index is 2.33. The van der Waals surface area contributed by atoms with E-state index in [1.165, 1.54) is 18.2 Å². The minimum Gasteiger partial charge on any atom is -0.454 e. The van der Waals surface area contributed by atoms with Crippen LogP contribution < -0.4 is 9.47 Å². The molecule has 1 heterocycles. The van der Waals surface area contributed by atoms with Crippen molar-refractivity contribution in [2.45, 2.75) is 6.43 Å². The van der Waals surface area contributed by atoms with Gasteiger partial charge < -0.3 is 9.47 Å². The maximum absolute atomic E-state index is 12.0. The number of carbonyl (C=O) groups is 1. The molecule has 0 bridgehead atoms. The molecule has 0 radical (unpaired) electrons. The number of Topliss-reactive ketones (excluding diaryl/α,β-unsaturated/α-hetero) is 1. The number of carbonyl (C=O) groups excluding carboxylic acids is 1. The molecule has 0 unspecified atom stereocenters. The van der Waals surface area contributed by atoms with Crippen LogP contribution >= 0.6 is 0 Å². The number of halogens is 2. The van der Waals surface area contributed by atoms with Crippen molar-refractivity contribution in [2.75, 3.05) is 6.79 Å². The third-order valence-electron chi connectivity index (χ3n) is 1.86. The first-order valence-corrected chi connectivity index (χ1v) is 3.90. The SMILES string of the molecule is O=C(c1ccc2c(c1)OCO2)C(F)F. The van der Waals surface area contributed by atoms with Crippen molar-refractivity contribution in [3.05, 3.63) is 23.8 Å². The summed E-state index contributed by atoms with van der Waals surface area (Å²) in [6, 6.07) is 4.00. The lowest BCUT2D eigenvalue weighted by Gasteiger charge is -2.00. The maximum atomic E-state index is 12.0. The fourth-order valence-electron chi connectivity index (χ4n) is 1.18. The van der Waals surface area contributed by atoms with E-state index in [4.69, 9.17) is 9.47 Å². The second-order valence-corrected chi connectivity index (χ2v) is 2.73. The van der Waals surface area contributed by atoms with Crippen LogP contribution in [0.15, 0.2) is 18.2 Å². The normalized spacial score (nSPS) is 13.4. The zero-order valence-electron chi connectivity index (χ0n) is 7.00. The Hall–Kier alpha value is -1.65. The van der Waals surface area contributed by atoms with Gasteiger partial charge in [0.25, 0.3) is 0 Å². The van der Waals surface area contributed by atoms with Gasteiger partial charge in [0.1, 0.15) is 0 Å². The van der Waals surface area contributed by atoms with Gasteiger partial charge in [-0.05, 0) is 18.2 Å². The van der Waals surface area contributed by atoms with Crippen LogP contribution in [-0.2, 0) is 0 Å². The highest BCUT2D eigenvalue weighted by molar-refractivity contribution is 5.99. The molecule has 3 nitrogen and oxygen atoms in total. The van der Waals surface area contributed by atoms with E-state index < -0.39 is 12.2 Å². The van der Waals surface area contributed by atoms with E-state index in [-0.39, 0.29) is 12.4 Å². The Labute approximate surface area is 78.2 Å². The number of hydrogen-bond acceptors (Lipinski definition) is 3. The van der Waals surface area contributed by atoms with Gasteiger partial charge in [-0.25, -0.2) is 8.78 Å². The summed E-state index contributed by atoms with van der Waals surface area (Å²) in [5.74, 6) is -0.407. The molecule has 0 atom stereocenters. The Kier molecular flexibility index (Phi) is 2.07. The molecule has 1 aromatic carbocycles. The second kappa shape index (κ2) is 3.25. The average Bonchev–Trinajstić information content (AvgIpc) is 2.62. The molecule has 1 aliphatic rings. The van der Waals surface area contributed by atoms with Crippen molar-refractivity contribution < 1.29 is 23.0 Å². The maximum Gasteiger partial charge on any atom is 0.300 e. The van der Waals surface area contributed by atoms with E-state index in [0.717, 1.165) is 0 Å². The van der Waals surface area contributed by atoms with E-state index in [1.807, 2.05) is 0 Å². The highest BCUT2D eigenvalue weighted by Crippen LogP contribution is 2.32. The van der Waals surface area contributed by atoms with Crippen LogP contribution in [0.1, 0.15) is 10.4 Å². The largest absolute Gasteiger partial charge is 0.454 e. The van der Waals surface area contributed by atoms with Crippen molar-refractivity contribution in [2.24, 2.45) is 0 Å². The Morgan fingerprint density at radius 3 is 2.71 bits per heavy atom. The molecule has 74 valence electrons. The minimum absolute atomic E-state index is 0.0572. The molecule has 0 fully saturated rings. The van der Waals surface area contributed by atoms with Crippen LogP contribution in [0.25, 0.3) is 0 Å². The molecule has 1 aliphatic heterocycles. The quantitative estimate of drug-likeness (QED) is 0.683. The summed E-state index contributed by atoms with van der Waals surface area (Å²) < 4.78 is 34.0. The summed E-state index contributed by atoms with van der Waals surface area (Å²) in [7, 11) is 0. The van der Waals surface area contributed by atoms with Gasteiger partial charge in [0.2, 0.25) is 12.6 Å². The molecule has 0 spiro atoms. The van der Waals surface area contributed by atoms with Crippen LogP contribution in [0.3, 0.4) is 0 Å². The minimum atomic E-state index is -2.99. The van der Waals surface area contributed by atoms with Crippen molar-refractivity contribution in [3.8, 4) is 11.5 Å². The van der Waals surface area contributed by atoms with Crippen LogP contribution in [-0.4, -0.2) is 19.0 Å². The van der Waals surface area contributed by atoms with Crippen molar-refractivity contribution in [1.29, 1.82) is 0 Å². The van der Waals surface area contributed by atoms with Gasteiger partial charge >= 0.3 is 6.43 Å². The number of hydrogen-bond donors (Lipinski definition) is 0. The van der Waals surface area contributed by atoms with Gasteiger partial charge in [0, 0.05) is 5.56 Å². The first kappa shape index (κ1) is 8.93. The monoisotopic (exact) mass is 200 g/mol. The number of ketones is 1. The fraction of sp³-hybridized carbons (Fsp3) is 0.222. The molecule has 0 N–H and O–H groups in total. The highest BCUT2D eigenvalue weighted by Gasteiger charge is 2.21. The van der Waals surface area contributed by atoms with E-state index in [9.17, 15) is 13.6 Å². The first-order valence-electron chi connectivity index (χ1n) is 3.90. The summed E-state index contributed by atoms with van der Waals surface area (Å²) in [4.78, 5) is 10.9. The van der Waals surface area contributed by atoms with Crippen LogP contribution in [0.2, 0.25) is 0 Å². The zero-order chi connectivity index (χ0) is 10.1. The molecule has 0 saturated carbocycles. The Morgan fingerprint density at radius 2 is 2.00 bits per heavy atom. The Bertz CT molecular complexity index is 376. The predicted molar refractivity (Wildman–Crippen MR) is 42.9 cm³/mol. The van der Waals surface area contributed by atoms with Gasteiger partial charge in [-0.2, -0.15) is 0 Å². The first-order chi connectivity index (χ1) is 6.68. The third kappa shape index (κ3) is 1.41. The number of fused-ring (bicyclic) bond motifs is 1. The smallest absolute Gasteiger partial charge is 0.300 e. The van der Waals surface area contributed by atoms with E-state index in [1.54, 1.807) is 0 Å². The zero-order valence-corrected chi connectivity index (χ0v) is 7.00. The van der Waals surface area contributed by atoms with Gasteiger partial charge in [0.05, 0.1) is 0 Å². The number of benzene rings is 1. The van der Waals surface area contributed by atoms with E-state index in [0.29, 0.717) is 11.5 Å². The number of alkyl halides is 2. The number of rotatable bonds is 2. The molecule has 14 heavy (non-hydrogen) atoms. The topological polar surface area (TPSA) is 35.5 Å². The van der Waals surface area contributed by atoms with Gasteiger partial charge in [-0.1, -0.05) is 0 Å². The summed E-state index contributed by atoms with van der Waals surface area (Å²) in [5, 5.41) is 0. The molecular formula is C9H6F2O3. The highest BCUT2D eigenvalue weighted by atomic mass is 19.3. The van der Waals surface area contributed by atoms with Gasteiger partial charge in [-0.15, -0.1) is 0 Å². The molecule has 0 aromatic heterocycles. The second-order valence-electron chi connectivity index (χ2n) is 2.73. The Morgan fingerprint density at radius 1 is 1.29 bits per heavy atom. The molecule has 0 amide bonds. The van der Waals surface area contributed by atoms with Gasteiger partial charge in [0.15, 0.2) is 11.5 Å². The molecule has 0 aliphatic carbocycles. The molecule has 5 heteroatoms. The van der Waals surface area contributed by atoms with Crippen LogP contribution in [0.4, 0.5) is 8.78 Å². The fourth-order valence-corrected chi connectivity index (χ4v) is 1.18. The van der Waals surface area contributed by atoms with E-state index in [2.05, 4.69) is 0 Å². The standard InChI is InChI=1S/C9H6F2O3/c10-9(11)8(12)5-1-2-6-7(3-5)14-4-13-6/h1-3,9H,4H2.